The predicted molar refractivity (Wildman–Crippen MR) is 98.0 cm³/mol. The van der Waals surface area contributed by atoms with Gasteiger partial charge in [0.25, 0.3) is 0 Å². The molecule has 0 saturated heterocycles. The molecule has 5 heteroatoms. The van der Waals surface area contributed by atoms with Gasteiger partial charge in [-0.25, -0.2) is 4.39 Å². The molecule has 0 fully saturated rings. The Bertz CT molecular complexity index is 630. The fraction of sp³-hybridized carbons (Fsp3) is 0.500. The van der Waals surface area contributed by atoms with Gasteiger partial charge < -0.3 is 14.4 Å². The molecule has 1 atom stereocenters. The zero-order valence-electron chi connectivity index (χ0n) is 15.2. The molecule has 2 rings (SSSR count). The van der Waals surface area contributed by atoms with Crippen molar-refractivity contribution in [3.63, 3.8) is 0 Å². The highest BCUT2D eigenvalue weighted by molar-refractivity contribution is 5.19. The Morgan fingerprint density at radius 2 is 2.04 bits per heavy atom. The van der Waals surface area contributed by atoms with Crippen molar-refractivity contribution in [1.82, 2.24) is 9.47 Å². The van der Waals surface area contributed by atoms with Crippen molar-refractivity contribution in [2.45, 2.75) is 39.0 Å². The molecule has 0 unspecified atom stereocenters. The Labute approximate surface area is 149 Å². The Kier molecular flexibility index (Phi) is 8.12. The number of benzene rings is 1. The number of rotatable bonds is 11. The molecule has 1 N–H and O–H groups in total. The summed E-state index contributed by atoms with van der Waals surface area (Å²) in [6, 6.07) is 10.9. The van der Waals surface area contributed by atoms with Crippen LogP contribution in [-0.2, 0) is 17.8 Å². The summed E-state index contributed by atoms with van der Waals surface area (Å²) < 4.78 is 21.2. The minimum absolute atomic E-state index is 0.184. The van der Waals surface area contributed by atoms with Crippen LogP contribution >= 0.6 is 0 Å². The lowest BCUT2D eigenvalue weighted by molar-refractivity contribution is 0.0788. The van der Waals surface area contributed by atoms with E-state index < -0.39 is 0 Å². The van der Waals surface area contributed by atoms with Crippen molar-refractivity contribution in [2.75, 3.05) is 26.8 Å². The van der Waals surface area contributed by atoms with Gasteiger partial charge in [0.1, 0.15) is 5.82 Å². The highest BCUT2D eigenvalue weighted by Crippen LogP contribution is 2.14. The predicted octanol–water partition coefficient (Wildman–Crippen LogP) is 3.28. The van der Waals surface area contributed by atoms with E-state index in [0.717, 1.165) is 25.1 Å². The molecule has 0 aliphatic carbocycles. The van der Waals surface area contributed by atoms with Crippen LogP contribution in [0.15, 0.2) is 42.6 Å². The van der Waals surface area contributed by atoms with E-state index in [4.69, 9.17) is 4.74 Å². The smallest absolute Gasteiger partial charge is 0.128 e. The van der Waals surface area contributed by atoms with Gasteiger partial charge in [0, 0.05) is 44.2 Å². The Morgan fingerprint density at radius 1 is 1.24 bits per heavy atom. The monoisotopic (exact) mass is 348 g/mol. The lowest BCUT2D eigenvalue weighted by Crippen LogP contribution is -2.35. The van der Waals surface area contributed by atoms with Crippen molar-refractivity contribution >= 4 is 0 Å². The third-order valence-electron chi connectivity index (χ3n) is 4.31. The SMILES string of the molecule is CCC[C@H](O)CN(CCOC)Cc1cccn1Cc1ccccc1F. The summed E-state index contributed by atoms with van der Waals surface area (Å²) >= 11 is 0. The van der Waals surface area contributed by atoms with E-state index in [-0.39, 0.29) is 11.9 Å². The van der Waals surface area contributed by atoms with E-state index in [1.54, 1.807) is 13.2 Å². The third-order valence-corrected chi connectivity index (χ3v) is 4.31. The number of aliphatic hydroxyl groups is 1. The van der Waals surface area contributed by atoms with Gasteiger partial charge in [0.15, 0.2) is 0 Å². The van der Waals surface area contributed by atoms with Crippen molar-refractivity contribution < 1.29 is 14.2 Å². The molecule has 0 spiro atoms. The second-order valence-corrected chi connectivity index (χ2v) is 6.39. The van der Waals surface area contributed by atoms with Gasteiger partial charge in [-0.1, -0.05) is 31.5 Å². The first-order chi connectivity index (χ1) is 12.1. The number of methoxy groups -OCH3 is 1. The highest BCUT2D eigenvalue weighted by Gasteiger charge is 2.14. The number of ether oxygens (including phenoxy) is 1. The summed E-state index contributed by atoms with van der Waals surface area (Å²) in [7, 11) is 1.68. The zero-order valence-corrected chi connectivity index (χ0v) is 15.2. The number of hydrogen-bond acceptors (Lipinski definition) is 3. The summed E-state index contributed by atoms with van der Waals surface area (Å²) in [6.07, 6.45) is 3.39. The standard InChI is InChI=1S/C20H29FN2O2/c1-3-7-19(24)16-22(12-13-25-2)15-18-9-6-11-23(18)14-17-8-4-5-10-20(17)21/h4-6,8-11,19,24H,3,7,12-16H2,1-2H3/t19-/m0/s1. The first-order valence-corrected chi connectivity index (χ1v) is 8.90. The number of nitrogens with zero attached hydrogens (tertiary/aromatic N) is 2. The van der Waals surface area contributed by atoms with Crippen LogP contribution in [0.5, 0.6) is 0 Å². The van der Waals surface area contributed by atoms with Crippen LogP contribution in [0.25, 0.3) is 0 Å². The topological polar surface area (TPSA) is 37.6 Å². The number of hydrogen-bond donors (Lipinski definition) is 1. The summed E-state index contributed by atoms with van der Waals surface area (Å²) in [4.78, 5) is 2.19. The molecule has 4 nitrogen and oxygen atoms in total. The molecular formula is C20H29FN2O2. The van der Waals surface area contributed by atoms with Crippen LogP contribution < -0.4 is 0 Å². The van der Waals surface area contributed by atoms with Crippen LogP contribution in [0.1, 0.15) is 31.0 Å². The fourth-order valence-electron chi connectivity index (χ4n) is 2.96. The summed E-state index contributed by atoms with van der Waals surface area (Å²) in [5, 5.41) is 10.1. The van der Waals surface area contributed by atoms with Gasteiger partial charge in [-0.2, -0.15) is 0 Å². The van der Waals surface area contributed by atoms with Crippen molar-refractivity contribution in [1.29, 1.82) is 0 Å². The van der Waals surface area contributed by atoms with Crippen molar-refractivity contribution in [3.05, 3.63) is 59.7 Å². The Morgan fingerprint density at radius 3 is 2.76 bits per heavy atom. The molecule has 138 valence electrons. The number of aromatic nitrogens is 1. The molecule has 25 heavy (non-hydrogen) atoms. The molecule has 0 bridgehead atoms. The van der Waals surface area contributed by atoms with Crippen LogP contribution in [0, 0.1) is 5.82 Å². The lowest BCUT2D eigenvalue weighted by atomic mass is 10.2. The Hall–Kier alpha value is -1.69. The van der Waals surface area contributed by atoms with Gasteiger partial charge in [0.2, 0.25) is 0 Å². The average molecular weight is 348 g/mol. The molecule has 1 aromatic heterocycles. The number of halogens is 1. The number of aliphatic hydroxyl groups excluding tert-OH is 1. The Balaban J connectivity index is 2.06. The first kappa shape index (κ1) is 19.6. The van der Waals surface area contributed by atoms with Gasteiger partial charge in [-0.05, 0) is 24.6 Å². The summed E-state index contributed by atoms with van der Waals surface area (Å²) in [5.74, 6) is -0.184. The zero-order chi connectivity index (χ0) is 18.1. The van der Waals surface area contributed by atoms with Crippen molar-refractivity contribution in [3.8, 4) is 0 Å². The van der Waals surface area contributed by atoms with E-state index in [9.17, 15) is 9.50 Å². The van der Waals surface area contributed by atoms with E-state index in [1.165, 1.54) is 6.07 Å². The molecule has 0 aliphatic heterocycles. The van der Waals surface area contributed by atoms with Gasteiger partial charge in [0.05, 0.1) is 19.3 Å². The van der Waals surface area contributed by atoms with E-state index in [2.05, 4.69) is 16.4 Å². The third kappa shape index (κ3) is 6.27. The molecule has 0 aliphatic rings. The maximum absolute atomic E-state index is 13.9. The van der Waals surface area contributed by atoms with Crippen LogP contribution in [0.2, 0.25) is 0 Å². The van der Waals surface area contributed by atoms with Crippen LogP contribution in [-0.4, -0.2) is 47.5 Å². The molecule has 0 radical (unpaired) electrons. The average Bonchev–Trinajstić information content (AvgIpc) is 3.02. The lowest BCUT2D eigenvalue weighted by Gasteiger charge is -2.25. The largest absolute Gasteiger partial charge is 0.392 e. The van der Waals surface area contributed by atoms with E-state index in [1.807, 2.05) is 30.5 Å². The quantitative estimate of drug-likeness (QED) is 0.677. The van der Waals surface area contributed by atoms with Crippen LogP contribution in [0.4, 0.5) is 4.39 Å². The molecule has 2 aromatic rings. The second-order valence-electron chi connectivity index (χ2n) is 6.39. The first-order valence-electron chi connectivity index (χ1n) is 8.90. The van der Waals surface area contributed by atoms with Gasteiger partial charge in [-0.3, -0.25) is 4.90 Å². The maximum atomic E-state index is 13.9. The normalized spacial score (nSPS) is 12.7. The fourth-order valence-corrected chi connectivity index (χ4v) is 2.96. The van der Waals surface area contributed by atoms with Crippen molar-refractivity contribution in [2.24, 2.45) is 0 Å². The van der Waals surface area contributed by atoms with E-state index >= 15 is 0 Å². The maximum Gasteiger partial charge on any atom is 0.128 e. The molecule has 0 amide bonds. The second kappa shape index (κ2) is 10.3. The molecule has 1 heterocycles. The summed E-state index contributed by atoms with van der Waals surface area (Å²) in [5.41, 5.74) is 1.78. The molecule has 0 saturated carbocycles. The summed E-state index contributed by atoms with van der Waals surface area (Å²) in [6.45, 7) is 5.26. The van der Waals surface area contributed by atoms with Gasteiger partial charge >= 0.3 is 0 Å². The molecular weight excluding hydrogens is 319 g/mol. The minimum atomic E-state index is -0.336. The highest BCUT2D eigenvalue weighted by atomic mass is 19.1. The molecule has 1 aromatic carbocycles. The minimum Gasteiger partial charge on any atom is -0.392 e. The van der Waals surface area contributed by atoms with E-state index in [0.29, 0.717) is 31.8 Å². The van der Waals surface area contributed by atoms with Crippen LogP contribution in [0.3, 0.4) is 0 Å². The van der Waals surface area contributed by atoms with Gasteiger partial charge in [-0.15, -0.1) is 0 Å².